The van der Waals surface area contributed by atoms with E-state index in [1.807, 2.05) is 0 Å². The van der Waals surface area contributed by atoms with E-state index in [9.17, 15) is 28.8 Å². The first kappa shape index (κ1) is 33.3. The molecule has 1 aliphatic heterocycles. The molecule has 2 aliphatic rings. The average molecular weight is 596 g/mol. The second-order valence-electron chi connectivity index (χ2n) is 11.0. The van der Waals surface area contributed by atoms with E-state index in [1.165, 1.54) is 18.7 Å². The number of Topliss-reactive ketones (excluding diaryl/α,β-unsaturated/α-hetero) is 3. The van der Waals surface area contributed by atoms with Gasteiger partial charge >= 0.3 is 0 Å². The van der Waals surface area contributed by atoms with E-state index >= 15 is 0 Å². The zero-order chi connectivity index (χ0) is 31.5. The number of ketones is 3. The van der Waals surface area contributed by atoms with Gasteiger partial charge in [0.15, 0.2) is 11.7 Å². The number of guanidine groups is 1. The minimum absolute atomic E-state index is 0.0106. The van der Waals surface area contributed by atoms with Crippen LogP contribution in [-0.2, 0) is 35.1 Å². The number of nitrogens with one attached hydrogen (secondary N) is 1. The van der Waals surface area contributed by atoms with Crippen molar-refractivity contribution in [2.24, 2.45) is 16.5 Å². The van der Waals surface area contributed by atoms with Crippen LogP contribution in [0.4, 0.5) is 0 Å². The Morgan fingerprint density at radius 3 is 2.23 bits per heavy atom. The van der Waals surface area contributed by atoms with Gasteiger partial charge < -0.3 is 21.5 Å². The number of rotatable bonds is 16. The Hall–Kier alpha value is -4.19. The molecule has 12 heteroatoms. The molecule has 0 unspecified atom stereocenters. The van der Waals surface area contributed by atoms with Crippen LogP contribution in [0.2, 0.25) is 0 Å². The Balaban J connectivity index is 1.36. The minimum atomic E-state index is -0.604. The van der Waals surface area contributed by atoms with Crippen molar-refractivity contribution in [3.8, 4) is 0 Å². The van der Waals surface area contributed by atoms with Crippen molar-refractivity contribution in [3.05, 3.63) is 47.0 Å². The lowest BCUT2D eigenvalue weighted by Crippen LogP contribution is -2.53. The van der Waals surface area contributed by atoms with Crippen molar-refractivity contribution in [1.82, 2.24) is 10.2 Å². The molecular weight excluding hydrogens is 554 g/mol. The molecule has 3 amide bonds. The van der Waals surface area contributed by atoms with Gasteiger partial charge in [0.25, 0.3) is 5.91 Å². The van der Waals surface area contributed by atoms with Crippen LogP contribution in [0.15, 0.2) is 40.9 Å². The molecule has 12 nitrogen and oxygen atoms in total. The molecule has 232 valence electrons. The third kappa shape index (κ3) is 10.2. The van der Waals surface area contributed by atoms with Crippen LogP contribution in [0.1, 0.15) is 81.1 Å². The number of hydrogen-bond acceptors (Lipinski definition) is 8. The maximum atomic E-state index is 12.4. The molecule has 0 aromatic heterocycles. The summed E-state index contributed by atoms with van der Waals surface area (Å²) in [7, 11) is 0. The number of imide groups is 1. The number of unbranched alkanes of at least 4 members (excludes halogenated alkanes) is 1. The molecule has 3 rings (SSSR count). The summed E-state index contributed by atoms with van der Waals surface area (Å²) in [6.07, 6.45) is 4.59. The largest absolute Gasteiger partial charge is 0.372 e. The fourth-order valence-corrected chi connectivity index (χ4v) is 5.10. The standard InChI is InChI=1S/C31H41N5O7/c1-19(37)23-17-26(35-31(32)33)29(34-20(2)38)27(18-23)43-15-4-3-6-24(39)7-5-8-25(40)16-21-9-11-22(12-10-21)30(42)36-14-13-28(36)41/h9-12,18,26-27,29H,3-8,13-17H2,1-2H3,(H,34,38)(H4,32,33,35)/t26-,27+,29+/m0/s1. The summed E-state index contributed by atoms with van der Waals surface area (Å²) in [6.45, 7) is 3.58. The summed E-state index contributed by atoms with van der Waals surface area (Å²) >= 11 is 0. The normalized spacial score (nSPS) is 19.6. The van der Waals surface area contributed by atoms with Crippen molar-refractivity contribution >= 4 is 41.0 Å². The fourth-order valence-electron chi connectivity index (χ4n) is 5.10. The number of hydrogen-bond donors (Lipinski definition) is 3. The van der Waals surface area contributed by atoms with Gasteiger partial charge in [-0.3, -0.25) is 33.7 Å². The zero-order valence-corrected chi connectivity index (χ0v) is 24.8. The van der Waals surface area contributed by atoms with Crippen LogP contribution in [0.25, 0.3) is 0 Å². The molecule has 0 radical (unpaired) electrons. The Labute approximate surface area is 251 Å². The van der Waals surface area contributed by atoms with Crippen molar-refractivity contribution in [3.63, 3.8) is 0 Å². The lowest BCUT2D eigenvalue weighted by molar-refractivity contribution is -0.136. The summed E-state index contributed by atoms with van der Waals surface area (Å²) in [6, 6.07) is 5.59. The van der Waals surface area contributed by atoms with E-state index in [2.05, 4.69) is 10.3 Å². The number of β-lactam (4-membered cyclic amide) rings is 1. The van der Waals surface area contributed by atoms with Gasteiger partial charge in [0.2, 0.25) is 11.8 Å². The molecule has 1 aromatic carbocycles. The minimum Gasteiger partial charge on any atom is -0.372 e. The van der Waals surface area contributed by atoms with Gasteiger partial charge in [-0.1, -0.05) is 12.1 Å². The number of nitrogens with zero attached hydrogens (tertiary/aromatic N) is 2. The van der Waals surface area contributed by atoms with Gasteiger partial charge in [-0.2, -0.15) is 0 Å². The summed E-state index contributed by atoms with van der Waals surface area (Å²) < 4.78 is 6.00. The van der Waals surface area contributed by atoms with Gasteiger partial charge in [-0.05, 0) is 55.5 Å². The highest BCUT2D eigenvalue weighted by molar-refractivity contribution is 6.07. The zero-order valence-electron chi connectivity index (χ0n) is 24.8. The van der Waals surface area contributed by atoms with Crippen LogP contribution in [0.3, 0.4) is 0 Å². The maximum absolute atomic E-state index is 12.4. The number of likely N-dealkylation sites (tertiary alicyclic amines) is 1. The van der Waals surface area contributed by atoms with Gasteiger partial charge in [-0.15, -0.1) is 0 Å². The number of benzene rings is 1. The molecule has 0 spiro atoms. The number of nitrogens with two attached hydrogens (primary N) is 2. The lowest BCUT2D eigenvalue weighted by Gasteiger charge is -2.35. The Morgan fingerprint density at radius 2 is 1.65 bits per heavy atom. The van der Waals surface area contributed by atoms with Gasteiger partial charge in [0.1, 0.15) is 11.6 Å². The topological polar surface area (TPSA) is 191 Å². The molecule has 1 saturated heterocycles. The van der Waals surface area contributed by atoms with Gasteiger partial charge in [-0.25, -0.2) is 4.99 Å². The molecule has 0 bridgehead atoms. The first-order valence-electron chi connectivity index (χ1n) is 14.6. The lowest BCUT2D eigenvalue weighted by atomic mass is 9.86. The molecule has 1 fully saturated rings. The average Bonchev–Trinajstić information content (AvgIpc) is 2.93. The fraction of sp³-hybridized carbons (Fsp3) is 0.516. The second kappa shape index (κ2) is 15.9. The van der Waals surface area contributed by atoms with Crippen LogP contribution >= 0.6 is 0 Å². The van der Waals surface area contributed by atoms with E-state index < -0.39 is 18.2 Å². The maximum Gasteiger partial charge on any atom is 0.260 e. The van der Waals surface area contributed by atoms with Crippen LogP contribution in [0.5, 0.6) is 0 Å². The first-order valence-corrected chi connectivity index (χ1v) is 14.6. The number of amides is 3. The van der Waals surface area contributed by atoms with E-state index in [-0.39, 0.29) is 60.3 Å². The SMILES string of the molecule is CC(=O)N[C@@H]1[C@@H](N=C(N)N)CC(C(C)=O)=C[C@H]1OCCCCC(=O)CCCC(=O)Cc1ccc(C(=O)N2CCC2=O)cc1. The van der Waals surface area contributed by atoms with Crippen molar-refractivity contribution in [1.29, 1.82) is 0 Å². The van der Waals surface area contributed by atoms with Crippen molar-refractivity contribution in [2.45, 2.75) is 89.8 Å². The van der Waals surface area contributed by atoms with Crippen molar-refractivity contribution in [2.75, 3.05) is 13.2 Å². The molecule has 0 saturated carbocycles. The summed E-state index contributed by atoms with van der Waals surface area (Å²) in [5.74, 6) is -0.966. The summed E-state index contributed by atoms with van der Waals surface area (Å²) in [5.41, 5.74) is 12.9. The first-order chi connectivity index (χ1) is 20.4. The molecule has 5 N–H and O–H groups in total. The Kier molecular flexibility index (Phi) is 12.3. The monoisotopic (exact) mass is 595 g/mol. The van der Waals surface area contributed by atoms with Crippen LogP contribution < -0.4 is 16.8 Å². The third-order valence-electron chi connectivity index (χ3n) is 7.47. The predicted molar refractivity (Wildman–Crippen MR) is 159 cm³/mol. The molecule has 1 aliphatic carbocycles. The van der Waals surface area contributed by atoms with Gasteiger partial charge in [0, 0.05) is 64.2 Å². The molecule has 43 heavy (non-hydrogen) atoms. The van der Waals surface area contributed by atoms with Crippen LogP contribution in [-0.4, -0.2) is 77.3 Å². The highest BCUT2D eigenvalue weighted by Crippen LogP contribution is 2.25. The summed E-state index contributed by atoms with van der Waals surface area (Å²) in [4.78, 5) is 77.7. The second-order valence-corrected chi connectivity index (χ2v) is 11.0. The van der Waals surface area contributed by atoms with Gasteiger partial charge in [0.05, 0.1) is 18.2 Å². The third-order valence-corrected chi connectivity index (χ3v) is 7.47. The molecule has 1 aromatic rings. The van der Waals surface area contributed by atoms with E-state index in [4.69, 9.17) is 16.2 Å². The predicted octanol–water partition coefficient (Wildman–Crippen LogP) is 1.53. The number of carbonyl (C=O) groups excluding carboxylic acids is 6. The highest BCUT2D eigenvalue weighted by Gasteiger charge is 2.36. The molecular formula is C31H41N5O7. The van der Waals surface area contributed by atoms with E-state index in [1.54, 1.807) is 30.3 Å². The smallest absolute Gasteiger partial charge is 0.260 e. The number of ether oxygens (including phenoxy) is 1. The van der Waals surface area contributed by atoms with E-state index in [0.29, 0.717) is 62.8 Å². The van der Waals surface area contributed by atoms with Crippen molar-refractivity contribution < 1.29 is 33.5 Å². The quantitative estimate of drug-likeness (QED) is 0.0836. The van der Waals surface area contributed by atoms with E-state index in [0.717, 1.165) is 5.56 Å². The number of carbonyl (C=O) groups is 6. The summed E-state index contributed by atoms with van der Waals surface area (Å²) in [5, 5.41) is 2.82. The van der Waals surface area contributed by atoms with Crippen LogP contribution in [0, 0.1) is 0 Å². The molecule has 1 heterocycles. The Bertz CT molecular complexity index is 1280. The molecule has 3 atom stereocenters. The Morgan fingerprint density at radius 1 is 0.977 bits per heavy atom. The number of aliphatic imine (C=N–C) groups is 1. The highest BCUT2D eigenvalue weighted by atomic mass is 16.5.